The van der Waals surface area contributed by atoms with Crippen molar-refractivity contribution in [3.05, 3.63) is 166 Å². The number of phenolic OH excluding ortho intramolecular Hbond substituents is 2. The summed E-state index contributed by atoms with van der Waals surface area (Å²) in [5, 5.41) is 24.5. The number of rotatable bonds is 10. The molecule has 14 heteroatoms. The minimum absolute atomic E-state index is 0.0143. The van der Waals surface area contributed by atoms with Crippen LogP contribution in [0.3, 0.4) is 0 Å². The molecule has 0 aromatic heterocycles. The molecule has 2 spiro atoms. The number of alkyl halides is 2. The molecule has 6 atom stereocenters. The Morgan fingerprint density at radius 3 is 1.23 bits per heavy atom. The number of hydrogen-bond donors (Lipinski definition) is 2. The molecule has 398 valence electrons. The van der Waals surface area contributed by atoms with Gasteiger partial charge in [-0.25, -0.2) is 0 Å². The first-order valence-electron chi connectivity index (χ1n) is 27.4. The van der Waals surface area contributed by atoms with Gasteiger partial charge in [-0.3, -0.25) is 28.8 Å². The number of likely N-dealkylation sites (tertiary alicyclic amines) is 2. The van der Waals surface area contributed by atoms with E-state index in [1.807, 2.05) is 111 Å². The molecule has 4 heterocycles. The van der Waals surface area contributed by atoms with Crippen molar-refractivity contribution in [1.82, 2.24) is 9.80 Å². The lowest BCUT2D eigenvalue weighted by Gasteiger charge is -2.30. The lowest BCUT2D eigenvalue weighted by atomic mass is 9.81. The maximum Gasteiger partial charge on any atom is 0.227 e. The fourth-order valence-corrected chi connectivity index (χ4v) is 14.6. The Balaban J connectivity index is 0.000000152. The summed E-state index contributed by atoms with van der Waals surface area (Å²) in [6, 6.07) is 34.0. The number of nitrogens with zero attached hydrogens (tertiary/aromatic N) is 4. The standard InChI is InChI=1S/C31H28Cl2N2O4.C31H26N2O4.C2H6/c32-14-18-16-34(24-12-26(36)20-6-1-3-8-22(20)30(18)24)28(38)10-5-11-29(39)35-17-19(15-33)31-23-9-4-2-7-21(23)27(37)13-25(31)35;34-24-12-26-30(22-8-3-1-6-20(22)24)14-18(30)16-32(26)28(36)10-5-11-29(37)33-17-19-15-31(19)23-9-4-2-7-21(23)25(35)13-27(31)33;1-2/h1-4,6-9,12-13,18-19,36-37H,5,10-11,14-17H2;1-4,6-9,12-13,18-19H,5,10-11,14-17H2;1-2H3/t18-,19-;18-,19-,30?,31?;/m11./s1. The molecule has 78 heavy (non-hydrogen) atoms. The number of halogens is 2. The molecule has 6 aromatic carbocycles. The van der Waals surface area contributed by atoms with E-state index in [2.05, 4.69) is 0 Å². The molecule has 0 bridgehead atoms. The lowest BCUT2D eigenvalue weighted by molar-refractivity contribution is -0.130. The summed E-state index contributed by atoms with van der Waals surface area (Å²) in [5.74, 6) is 1.35. The van der Waals surface area contributed by atoms with Crippen LogP contribution in [-0.2, 0) is 30.0 Å². The number of allylic oxidation sites excluding steroid dienone is 4. The zero-order chi connectivity index (χ0) is 54.4. The van der Waals surface area contributed by atoms with Crippen molar-refractivity contribution in [2.75, 3.05) is 47.7 Å². The van der Waals surface area contributed by atoms with Gasteiger partial charge < -0.3 is 29.8 Å². The second-order valence-corrected chi connectivity index (χ2v) is 22.4. The first kappa shape index (κ1) is 51.5. The number of fused-ring (bicyclic) bond motifs is 8. The Kier molecular flexibility index (Phi) is 13.1. The van der Waals surface area contributed by atoms with Gasteiger partial charge in [-0.2, -0.15) is 0 Å². The van der Waals surface area contributed by atoms with E-state index in [0.29, 0.717) is 74.0 Å². The van der Waals surface area contributed by atoms with Crippen LogP contribution in [0.2, 0.25) is 0 Å². The van der Waals surface area contributed by atoms with Crippen LogP contribution >= 0.6 is 23.2 Å². The van der Waals surface area contributed by atoms with Crippen LogP contribution in [0.1, 0.15) is 120 Å². The van der Waals surface area contributed by atoms with Crippen LogP contribution in [0.5, 0.6) is 11.5 Å². The molecule has 4 fully saturated rings. The number of aromatic hydroxyl groups is 2. The molecule has 2 saturated carbocycles. The van der Waals surface area contributed by atoms with E-state index in [1.165, 1.54) is 0 Å². The second kappa shape index (κ2) is 19.9. The van der Waals surface area contributed by atoms with Gasteiger partial charge in [0.2, 0.25) is 23.6 Å². The first-order valence-corrected chi connectivity index (χ1v) is 28.5. The van der Waals surface area contributed by atoms with Crippen LogP contribution in [0.4, 0.5) is 11.4 Å². The average molecular weight is 1080 g/mol. The molecule has 2 unspecified atom stereocenters. The van der Waals surface area contributed by atoms with Gasteiger partial charge in [0.1, 0.15) is 11.5 Å². The van der Waals surface area contributed by atoms with Crippen molar-refractivity contribution in [3.63, 3.8) is 0 Å². The number of ketones is 2. The number of amides is 4. The van der Waals surface area contributed by atoms with Crippen LogP contribution in [0.15, 0.2) is 133 Å². The van der Waals surface area contributed by atoms with Crippen molar-refractivity contribution in [1.29, 1.82) is 0 Å². The van der Waals surface area contributed by atoms with Gasteiger partial charge in [-0.05, 0) is 70.5 Å². The summed E-state index contributed by atoms with van der Waals surface area (Å²) in [4.78, 5) is 85.7. The Bertz CT molecular complexity index is 3400. The molecular weight excluding hydrogens is 1020 g/mol. The maximum atomic E-state index is 13.3. The first-order chi connectivity index (χ1) is 37.9. The number of carbonyl (C=O) groups excluding carboxylic acids is 6. The summed E-state index contributed by atoms with van der Waals surface area (Å²) >= 11 is 12.6. The van der Waals surface area contributed by atoms with Gasteiger partial charge in [0.25, 0.3) is 0 Å². The minimum atomic E-state index is -0.183. The number of benzene rings is 6. The second-order valence-electron chi connectivity index (χ2n) is 21.8. The molecule has 8 aliphatic rings. The maximum absolute atomic E-state index is 13.3. The molecule has 14 rings (SSSR count). The van der Waals surface area contributed by atoms with Gasteiger partial charge in [0.15, 0.2) is 11.6 Å². The largest absolute Gasteiger partial charge is 0.507 e. The van der Waals surface area contributed by atoms with Crippen molar-refractivity contribution >= 4 is 91.3 Å². The third-order valence-electron chi connectivity index (χ3n) is 17.8. The smallest absolute Gasteiger partial charge is 0.227 e. The van der Waals surface area contributed by atoms with E-state index in [4.69, 9.17) is 23.2 Å². The predicted molar refractivity (Wildman–Crippen MR) is 303 cm³/mol. The van der Waals surface area contributed by atoms with Gasteiger partial charge >= 0.3 is 0 Å². The van der Waals surface area contributed by atoms with Crippen LogP contribution in [0, 0.1) is 11.8 Å². The van der Waals surface area contributed by atoms with Crippen molar-refractivity contribution in [3.8, 4) is 11.5 Å². The van der Waals surface area contributed by atoms with Gasteiger partial charge in [-0.1, -0.05) is 111 Å². The molecule has 12 nitrogen and oxygen atoms in total. The Morgan fingerprint density at radius 1 is 0.500 bits per heavy atom. The lowest BCUT2D eigenvalue weighted by Crippen LogP contribution is -2.35. The van der Waals surface area contributed by atoms with Gasteiger partial charge in [-0.15, -0.1) is 23.2 Å². The molecule has 4 aliphatic carbocycles. The van der Waals surface area contributed by atoms with E-state index in [-0.39, 0.29) is 95.0 Å². The summed E-state index contributed by atoms with van der Waals surface area (Å²) in [7, 11) is 0. The van der Waals surface area contributed by atoms with Crippen LogP contribution < -0.4 is 9.80 Å². The fraction of sp³-hybridized carbons (Fsp3) is 0.344. The number of piperidine rings is 2. The third-order valence-corrected chi connectivity index (χ3v) is 18.6. The Labute approximate surface area is 462 Å². The topological polar surface area (TPSA) is 156 Å². The SMILES string of the molecule is CC.O=C(CCCC(=O)N1C[C@@H](CCl)c2c1cc(O)c1ccccc21)N1C[C@@H](CCl)c2c1cc(O)c1ccccc21.O=C1C=C2N(C(=O)CCCC(=O)N3C[C@H]4CC45C3=CC(=O)c3ccccc35)C[C@H]3CC23c2ccccc21. The summed E-state index contributed by atoms with van der Waals surface area (Å²) in [6.07, 6.45) is 7.06. The summed E-state index contributed by atoms with van der Waals surface area (Å²) < 4.78 is 0. The monoisotopic (exact) mass is 1080 g/mol. The molecule has 0 radical (unpaired) electrons. The van der Waals surface area contributed by atoms with E-state index in [1.54, 1.807) is 43.9 Å². The Hall–Kier alpha value is -7.28. The zero-order valence-electron chi connectivity index (χ0n) is 43.6. The van der Waals surface area contributed by atoms with Crippen molar-refractivity contribution in [2.45, 2.75) is 87.9 Å². The highest BCUT2D eigenvalue weighted by Gasteiger charge is 2.68. The van der Waals surface area contributed by atoms with Crippen LogP contribution in [-0.4, -0.2) is 93.1 Å². The molecule has 4 aliphatic heterocycles. The van der Waals surface area contributed by atoms with Gasteiger partial charge in [0.05, 0.1) is 11.4 Å². The van der Waals surface area contributed by atoms with Gasteiger partial charge in [0, 0.05) is 144 Å². The minimum Gasteiger partial charge on any atom is -0.507 e. The highest BCUT2D eigenvalue weighted by molar-refractivity contribution is 6.20. The molecule has 4 amide bonds. The molecule has 2 N–H and O–H groups in total. The van der Waals surface area contributed by atoms with E-state index in [0.717, 1.165) is 79.2 Å². The van der Waals surface area contributed by atoms with Crippen molar-refractivity contribution < 1.29 is 39.0 Å². The van der Waals surface area contributed by atoms with Crippen molar-refractivity contribution in [2.24, 2.45) is 11.8 Å². The zero-order valence-corrected chi connectivity index (χ0v) is 45.2. The average Bonchev–Trinajstić information content (AvgIpc) is 3.72. The number of hydrogen-bond acceptors (Lipinski definition) is 8. The van der Waals surface area contributed by atoms with Crippen LogP contribution in [0.25, 0.3) is 21.5 Å². The summed E-state index contributed by atoms with van der Waals surface area (Å²) in [5.41, 5.74) is 8.31. The Morgan fingerprint density at radius 2 is 0.846 bits per heavy atom. The normalized spacial score (nSPS) is 24.0. The molecular formula is C64H60Cl2N4O8. The molecule has 2 saturated heterocycles. The highest BCUT2D eigenvalue weighted by atomic mass is 35.5. The fourth-order valence-electron chi connectivity index (χ4n) is 14.1. The highest BCUT2D eigenvalue weighted by Crippen LogP contribution is 2.68. The van der Waals surface area contributed by atoms with E-state index < -0.39 is 0 Å². The number of phenols is 2. The van der Waals surface area contributed by atoms with E-state index in [9.17, 15) is 39.0 Å². The number of anilines is 2. The molecule has 6 aromatic rings. The number of carbonyl (C=O) groups is 6. The summed E-state index contributed by atoms with van der Waals surface area (Å²) in [6.45, 7) is 6.18. The predicted octanol–water partition coefficient (Wildman–Crippen LogP) is 11.6. The third kappa shape index (κ3) is 7.98. The van der Waals surface area contributed by atoms with E-state index >= 15 is 0 Å². The quantitative estimate of drug-likeness (QED) is 0.128.